The van der Waals surface area contributed by atoms with Crippen molar-refractivity contribution in [3.05, 3.63) is 188 Å². The van der Waals surface area contributed by atoms with E-state index in [1.54, 1.807) is 19.9 Å². The smallest absolute Gasteiger partial charge is 0.319 e. The van der Waals surface area contributed by atoms with Gasteiger partial charge in [0, 0.05) is 35.7 Å². The van der Waals surface area contributed by atoms with Crippen LogP contribution in [0.4, 0.5) is 0 Å². The molecule has 0 radical (unpaired) electrons. The summed E-state index contributed by atoms with van der Waals surface area (Å²) in [6.45, 7) is 30.2. The summed E-state index contributed by atoms with van der Waals surface area (Å²) < 4.78 is 15.9. The Morgan fingerprint density at radius 3 is 1.50 bits per heavy atom. The van der Waals surface area contributed by atoms with Crippen molar-refractivity contribution in [1.82, 2.24) is 0 Å². The molecule has 358 valence electrons. The molecule has 4 aromatic rings. The van der Waals surface area contributed by atoms with Crippen LogP contribution in [0.25, 0.3) is 5.76 Å². The molecule has 1 aliphatic heterocycles. The lowest BCUT2D eigenvalue weighted by Crippen LogP contribution is -2.38. The van der Waals surface area contributed by atoms with Gasteiger partial charge in [-0.25, -0.2) is 0 Å². The maximum atomic E-state index is 12.0. The van der Waals surface area contributed by atoms with Gasteiger partial charge < -0.3 is 13.9 Å². The fourth-order valence-corrected chi connectivity index (χ4v) is 7.21. The van der Waals surface area contributed by atoms with Gasteiger partial charge in [0.25, 0.3) is 0 Å². The van der Waals surface area contributed by atoms with E-state index < -0.39 is 19.7 Å². The van der Waals surface area contributed by atoms with Crippen molar-refractivity contribution in [2.24, 2.45) is 16.7 Å². The van der Waals surface area contributed by atoms with Crippen molar-refractivity contribution in [2.75, 3.05) is 19.8 Å². The SMILES string of the molecule is C.C/C=C(\O[Si](C)(C)C)c1ccccc1.C1CCOC1.C=CCC(C)(Cc1ccccc1)C(C)=O.C=CCOC(=O)C(C)(Cc1ccccc1)C(C)=O.C=CC[C@H](C)C(=O)c1ccccc1. The number of hydrogen-bond donors (Lipinski definition) is 0. The van der Waals surface area contributed by atoms with Crippen molar-refractivity contribution in [1.29, 1.82) is 0 Å². The molecule has 0 spiro atoms. The highest BCUT2D eigenvalue weighted by molar-refractivity contribution is 6.70. The van der Waals surface area contributed by atoms with Crippen LogP contribution in [0.3, 0.4) is 0 Å². The standard InChI is InChI=1S/C15H18O3.C14H18O.C12H18OSi.C12H14O.C4H8O.CH4/c1-4-10-18-14(17)15(3,12(2)16)11-13-8-6-5-7-9-13;1-4-10-14(3,12(2)15)11-13-8-6-5-7-9-13;1-5-12(13-14(2,3)4)11-9-7-6-8-10-11;1-3-7-10(2)12(13)11-8-5-4-6-9-11;1-2-4-5-3-1;/h4-9H,1,10-11H2,2-3H3;4-9H,1,10-11H2,2-3H3;5-10H,1-4H3;3-6,8-10H,1,7H2,2H3;1-4H2;1H4/b;;12-5-;;;/t;;;10-;;/m...0../s1. The van der Waals surface area contributed by atoms with Crippen LogP contribution in [0, 0.1) is 16.7 Å². The van der Waals surface area contributed by atoms with Gasteiger partial charge in [-0.2, -0.15) is 0 Å². The van der Waals surface area contributed by atoms with Gasteiger partial charge in [0.2, 0.25) is 8.32 Å². The van der Waals surface area contributed by atoms with Crippen molar-refractivity contribution in [3.8, 4) is 0 Å². The summed E-state index contributed by atoms with van der Waals surface area (Å²) >= 11 is 0. The molecule has 4 aromatic carbocycles. The summed E-state index contributed by atoms with van der Waals surface area (Å²) in [5.74, 6) is 0.774. The summed E-state index contributed by atoms with van der Waals surface area (Å²) in [7, 11) is -1.49. The Morgan fingerprint density at radius 2 is 1.14 bits per heavy atom. The molecule has 0 amide bonds. The average molecular weight is 917 g/mol. The number of allylic oxidation sites excluding steroid dienone is 3. The summed E-state index contributed by atoms with van der Waals surface area (Å²) in [5, 5.41) is 0. The number of rotatable bonds is 18. The van der Waals surface area contributed by atoms with E-state index in [0.29, 0.717) is 6.42 Å². The second kappa shape index (κ2) is 32.9. The number of carbonyl (C=O) groups excluding carboxylic acids is 4. The average Bonchev–Trinajstić information content (AvgIpc) is 3.90. The van der Waals surface area contributed by atoms with E-state index in [4.69, 9.17) is 13.9 Å². The van der Waals surface area contributed by atoms with E-state index in [9.17, 15) is 19.2 Å². The van der Waals surface area contributed by atoms with E-state index in [1.807, 2.05) is 130 Å². The highest BCUT2D eigenvalue weighted by atomic mass is 28.4. The van der Waals surface area contributed by atoms with Crippen molar-refractivity contribution < 1.29 is 33.1 Å². The minimum atomic E-state index is -1.49. The molecule has 0 aromatic heterocycles. The van der Waals surface area contributed by atoms with Crippen LogP contribution in [0.15, 0.2) is 165 Å². The number of Topliss-reactive ketones (excluding diaryl/α,β-unsaturated/α-hetero) is 3. The highest BCUT2D eigenvalue weighted by Gasteiger charge is 2.40. The molecule has 1 saturated heterocycles. The molecule has 5 rings (SSSR count). The van der Waals surface area contributed by atoms with Gasteiger partial charge in [0.1, 0.15) is 29.3 Å². The zero-order valence-corrected chi connectivity index (χ0v) is 41.8. The molecule has 0 aliphatic carbocycles. The first kappa shape index (κ1) is 60.3. The van der Waals surface area contributed by atoms with Crippen LogP contribution in [-0.4, -0.2) is 51.5 Å². The minimum absolute atomic E-state index is 0. The van der Waals surface area contributed by atoms with Gasteiger partial charge in [-0.15, -0.1) is 13.2 Å². The third-order valence-electron chi connectivity index (χ3n) is 10.4. The first-order valence-corrected chi connectivity index (χ1v) is 26.0. The number of carbonyl (C=O) groups is 4. The quantitative estimate of drug-likeness (QED) is 0.0245. The lowest BCUT2D eigenvalue weighted by molar-refractivity contribution is -0.157. The normalized spacial score (nSPS) is 13.8. The number of ether oxygens (including phenoxy) is 2. The number of esters is 1. The third kappa shape index (κ3) is 24.0. The minimum Gasteiger partial charge on any atom is -0.544 e. The Balaban J connectivity index is 0.000000823. The van der Waals surface area contributed by atoms with E-state index in [2.05, 4.69) is 63.6 Å². The molecule has 7 nitrogen and oxygen atoms in total. The molecule has 0 saturated carbocycles. The van der Waals surface area contributed by atoms with Gasteiger partial charge in [-0.1, -0.05) is 167 Å². The van der Waals surface area contributed by atoms with Crippen molar-refractivity contribution in [3.63, 3.8) is 0 Å². The van der Waals surface area contributed by atoms with Crippen molar-refractivity contribution in [2.45, 2.75) is 107 Å². The monoisotopic (exact) mass is 917 g/mol. The first-order valence-electron chi connectivity index (χ1n) is 22.5. The van der Waals surface area contributed by atoms with Crippen LogP contribution in [0.2, 0.25) is 19.6 Å². The van der Waals surface area contributed by atoms with Gasteiger partial charge in [-0.3, -0.25) is 19.2 Å². The predicted octanol–water partition coefficient (Wildman–Crippen LogP) is 14.4. The molecule has 1 fully saturated rings. The fourth-order valence-electron chi connectivity index (χ4n) is 6.31. The molecule has 0 bridgehead atoms. The molecule has 3 atom stereocenters. The van der Waals surface area contributed by atoms with E-state index in [-0.39, 0.29) is 42.7 Å². The van der Waals surface area contributed by atoms with Gasteiger partial charge in [0.15, 0.2) is 5.78 Å². The van der Waals surface area contributed by atoms with Crippen LogP contribution < -0.4 is 0 Å². The van der Waals surface area contributed by atoms with Gasteiger partial charge in [-0.05, 0) is 103 Å². The molecule has 0 N–H and O–H groups in total. The second-order valence-corrected chi connectivity index (χ2v) is 21.8. The molecule has 1 heterocycles. The predicted molar refractivity (Wildman–Crippen MR) is 280 cm³/mol. The highest BCUT2D eigenvalue weighted by Crippen LogP contribution is 2.29. The Labute approximate surface area is 400 Å². The molecular formula is C58H80O7Si. The van der Waals surface area contributed by atoms with E-state index in [0.717, 1.165) is 54.9 Å². The maximum Gasteiger partial charge on any atom is 0.319 e. The molecule has 66 heavy (non-hydrogen) atoms. The lowest BCUT2D eigenvalue weighted by Gasteiger charge is -2.25. The van der Waals surface area contributed by atoms with Gasteiger partial charge >= 0.3 is 5.97 Å². The second-order valence-electron chi connectivity index (χ2n) is 17.4. The number of hydrogen-bond acceptors (Lipinski definition) is 7. The van der Waals surface area contributed by atoms with Crippen LogP contribution in [0.1, 0.15) is 102 Å². The molecule has 8 heteroatoms. The van der Waals surface area contributed by atoms with E-state index >= 15 is 0 Å². The lowest BCUT2D eigenvalue weighted by atomic mass is 9.77. The van der Waals surface area contributed by atoms with Crippen LogP contribution >= 0.6 is 0 Å². The first-order chi connectivity index (χ1) is 30.9. The van der Waals surface area contributed by atoms with E-state index in [1.165, 1.54) is 31.4 Å². The number of ketones is 3. The molecule has 1 aliphatic rings. The van der Waals surface area contributed by atoms with Crippen LogP contribution in [0.5, 0.6) is 0 Å². The summed E-state index contributed by atoms with van der Waals surface area (Å²) in [5.41, 5.74) is 2.66. The van der Waals surface area contributed by atoms with Gasteiger partial charge in [0.05, 0.1) is 0 Å². The largest absolute Gasteiger partial charge is 0.544 e. The van der Waals surface area contributed by atoms with Crippen LogP contribution in [-0.2, 0) is 41.1 Å². The summed E-state index contributed by atoms with van der Waals surface area (Å²) in [6, 6.07) is 39.2. The fraction of sp³-hybridized carbons (Fsp3) is 0.379. The Bertz CT molecular complexity index is 2030. The molecular weight excluding hydrogens is 837 g/mol. The number of benzene rings is 4. The summed E-state index contributed by atoms with van der Waals surface area (Å²) in [4.78, 5) is 47.0. The maximum absolute atomic E-state index is 12.0. The Kier molecular flexibility index (Phi) is 30.0. The Morgan fingerprint density at radius 1 is 0.682 bits per heavy atom. The zero-order chi connectivity index (χ0) is 48.7. The molecule has 2 unspecified atom stereocenters. The summed E-state index contributed by atoms with van der Waals surface area (Å²) in [6.07, 6.45) is 12.3. The third-order valence-corrected chi connectivity index (χ3v) is 11.3. The zero-order valence-electron chi connectivity index (χ0n) is 40.8. The topological polar surface area (TPSA) is 96.0 Å². The Hall–Kier alpha value is -5.70. The van der Waals surface area contributed by atoms with Crippen molar-refractivity contribution >= 4 is 37.4 Å².